The number of piperazine rings is 1. The lowest BCUT2D eigenvalue weighted by Gasteiger charge is -2.42. The Balaban J connectivity index is 1.07. The van der Waals surface area contributed by atoms with Gasteiger partial charge in [0, 0.05) is 55.2 Å². The zero-order chi connectivity index (χ0) is 29.9. The molecule has 5 nitrogen and oxygen atoms in total. The Morgan fingerprint density at radius 2 is 1.49 bits per heavy atom. The fraction of sp³-hybridized carbons (Fsp3) is 0.474. The Morgan fingerprint density at radius 1 is 0.791 bits per heavy atom. The standard InChI is InChI=1S/C38H49N3O2/c1-26(2)37-33-23-30(12-16-34(33)39-38(37)31-13-17-35(42-4)36(24-31)43-5)22-28-10-14-32(15-11-28)41-20-18-40(19-21-41)25-29-8-6-27(3)7-9-29/h6-9,12-13,16-17,23-24,26,28,32,39H,10-11,14-15,18-22,25H2,1-5H3. The fourth-order valence-corrected chi connectivity index (χ4v) is 7.49. The summed E-state index contributed by atoms with van der Waals surface area (Å²) in [6, 6.07) is 23.1. The van der Waals surface area contributed by atoms with Crippen molar-refractivity contribution in [2.75, 3.05) is 40.4 Å². The minimum Gasteiger partial charge on any atom is -0.493 e. The lowest BCUT2D eigenvalue weighted by molar-refractivity contribution is 0.0674. The average Bonchev–Trinajstić information content (AvgIpc) is 3.42. The van der Waals surface area contributed by atoms with Gasteiger partial charge in [0.1, 0.15) is 0 Å². The van der Waals surface area contributed by atoms with Gasteiger partial charge < -0.3 is 14.5 Å². The number of rotatable bonds is 9. The highest BCUT2D eigenvalue weighted by atomic mass is 16.5. The lowest BCUT2D eigenvalue weighted by atomic mass is 9.81. The number of aromatic nitrogens is 1. The maximum Gasteiger partial charge on any atom is 0.161 e. The fourth-order valence-electron chi connectivity index (χ4n) is 7.49. The van der Waals surface area contributed by atoms with Crippen molar-refractivity contribution in [3.63, 3.8) is 0 Å². The maximum atomic E-state index is 5.61. The average molecular weight is 580 g/mol. The summed E-state index contributed by atoms with van der Waals surface area (Å²) in [7, 11) is 3.38. The van der Waals surface area contributed by atoms with Gasteiger partial charge >= 0.3 is 0 Å². The Hall–Kier alpha value is -3.28. The molecule has 0 atom stereocenters. The van der Waals surface area contributed by atoms with Crippen molar-refractivity contribution in [1.82, 2.24) is 14.8 Å². The number of nitrogens with one attached hydrogen (secondary N) is 1. The summed E-state index contributed by atoms with van der Waals surface area (Å²) >= 11 is 0. The first-order chi connectivity index (χ1) is 20.9. The summed E-state index contributed by atoms with van der Waals surface area (Å²) in [5, 5.41) is 1.36. The molecular weight excluding hydrogens is 530 g/mol. The van der Waals surface area contributed by atoms with E-state index in [2.05, 4.69) is 90.2 Å². The smallest absolute Gasteiger partial charge is 0.161 e. The highest BCUT2D eigenvalue weighted by Gasteiger charge is 2.28. The van der Waals surface area contributed by atoms with Gasteiger partial charge in [-0.3, -0.25) is 9.80 Å². The molecule has 1 aromatic heterocycles. The van der Waals surface area contributed by atoms with Crippen LogP contribution in [0.1, 0.15) is 67.7 Å². The molecule has 3 aromatic carbocycles. The van der Waals surface area contributed by atoms with E-state index in [4.69, 9.17) is 9.47 Å². The quantitative estimate of drug-likeness (QED) is 0.217. The van der Waals surface area contributed by atoms with Crippen molar-refractivity contribution in [1.29, 1.82) is 0 Å². The lowest BCUT2D eigenvalue weighted by Crippen LogP contribution is -2.50. The number of hydrogen-bond donors (Lipinski definition) is 1. The first-order valence-electron chi connectivity index (χ1n) is 16.3. The number of ether oxygens (including phenoxy) is 2. The van der Waals surface area contributed by atoms with Crippen molar-refractivity contribution in [3.8, 4) is 22.8 Å². The largest absolute Gasteiger partial charge is 0.493 e. The first kappa shape index (κ1) is 29.8. The van der Waals surface area contributed by atoms with E-state index < -0.39 is 0 Å². The van der Waals surface area contributed by atoms with Crippen LogP contribution in [0.5, 0.6) is 11.5 Å². The molecule has 0 spiro atoms. The molecule has 1 N–H and O–H groups in total. The molecule has 1 aliphatic carbocycles. The van der Waals surface area contributed by atoms with Gasteiger partial charge in [0.15, 0.2) is 11.5 Å². The molecule has 0 radical (unpaired) electrons. The van der Waals surface area contributed by atoms with Gasteiger partial charge in [-0.2, -0.15) is 0 Å². The zero-order valence-electron chi connectivity index (χ0n) is 26.8. The molecule has 4 aromatic rings. The number of nitrogens with zero attached hydrogens (tertiary/aromatic N) is 2. The number of aromatic amines is 1. The van der Waals surface area contributed by atoms with E-state index in [-0.39, 0.29) is 0 Å². The topological polar surface area (TPSA) is 40.7 Å². The van der Waals surface area contributed by atoms with E-state index in [1.165, 1.54) is 97.1 Å². The van der Waals surface area contributed by atoms with Crippen molar-refractivity contribution in [3.05, 3.63) is 82.9 Å². The number of aryl methyl sites for hydroxylation is 1. The molecule has 6 rings (SSSR count). The minimum atomic E-state index is 0.403. The third-order valence-electron chi connectivity index (χ3n) is 9.94. The second-order valence-corrected chi connectivity index (χ2v) is 13.2. The number of fused-ring (bicyclic) bond motifs is 1. The molecule has 5 heteroatoms. The van der Waals surface area contributed by atoms with Gasteiger partial charge in [-0.15, -0.1) is 0 Å². The molecule has 2 heterocycles. The maximum absolute atomic E-state index is 5.61. The van der Waals surface area contributed by atoms with Crippen LogP contribution in [0.15, 0.2) is 60.7 Å². The number of methoxy groups -OCH3 is 2. The van der Waals surface area contributed by atoms with Crippen LogP contribution in [0.2, 0.25) is 0 Å². The third-order valence-corrected chi connectivity index (χ3v) is 9.94. The van der Waals surface area contributed by atoms with Crippen LogP contribution in [0, 0.1) is 12.8 Å². The summed E-state index contributed by atoms with van der Waals surface area (Å²) in [4.78, 5) is 9.16. The van der Waals surface area contributed by atoms with Crippen LogP contribution >= 0.6 is 0 Å². The van der Waals surface area contributed by atoms with Crippen LogP contribution in [0.4, 0.5) is 0 Å². The third kappa shape index (κ3) is 6.63. The van der Waals surface area contributed by atoms with E-state index in [0.29, 0.717) is 5.92 Å². The zero-order valence-corrected chi connectivity index (χ0v) is 26.8. The van der Waals surface area contributed by atoms with Gasteiger partial charge in [-0.25, -0.2) is 0 Å². The number of H-pyrrole nitrogens is 1. The molecule has 2 aliphatic rings. The molecule has 43 heavy (non-hydrogen) atoms. The summed E-state index contributed by atoms with van der Waals surface area (Å²) in [6.07, 6.45) is 6.55. The molecule has 0 bridgehead atoms. The van der Waals surface area contributed by atoms with E-state index >= 15 is 0 Å². The molecule has 0 amide bonds. The summed E-state index contributed by atoms with van der Waals surface area (Å²) in [6.45, 7) is 12.6. The van der Waals surface area contributed by atoms with E-state index in [1.54, 1.807) is 14.2 Å². The molecule has 228 valence electrons. The van der Waals surface area contributed by atoms with Crippen LogP contribution in [-0.2, 0) is 13.0 Å². The SMILES string of the molecule is COc1ccc(-c2[nH]c3ccc(CC4CCC(N5CCN(Cc6ccc(C)cc6)CC5)CC4)cc3c2C(C)C)cc1OC. The van der Waals surface area contributed by atoms with Gasteiger partial charge in [0.05, 0.1) is 19.9 Å². The van der Waals surface area contributed by atoms with Crippen molar-refractivity contribution in [2.45, 2.75) is 71.4 Å². The molecule has 1 saturated carbocycles. The predicted octanol–water partition coefficient (Wildman–Crippen LogP) is 8.20. The molecule has 2 fully saturated rings. The van der Waals surface area contributed by atoms with Gasteiger partial charge in [-0.05, 0) is 97.9 Å². The molecule has 1 aliphatic heterocycles. The highest BCUT2D eigenvalue weighted by Crippen LogP contribution is 2.40. The van der Waals surface area contributed by atoms with Crippen LogP contribution in [0.25, 0.3) is 22.2 Å². The molecule has 0 unspecified atom stereocenters. The summed E-state index contributed by atoms with van der Waals surface area (Å²) in [5.41, 5.74) is 9.16. The number of hydrogen-bond acceptors (Lipinski definition) is 4. The van der Waals surface area contributed by atoms with Crippen LogP contribution < -0.4 is 9.47 Å². The molecule has 1 saturated heterocycles. The minimum absolute atomic E-state index is 0.403. The van der Waals surface area contributed by atoms with E-state index in [1.807, 2.05) is 6.07 Å². The van der Waals surface area contributed by atoms with Crippen LogP contribution in [-0.4, -0.2) is 61.2 Å². The van der Waals surface area contributed by atoms with Gasteiger partial charge in [-0.1, -0.05) is 49.7 Å². The Kier molecular flexibility index (Phi) is 9.11. The summed E-state index contributed by atoms with van der Waals surface area (Å²) in [5.74, 6) is 2.70. The van der Waals surface area contributed by atoms with Gasteiger partial charge in [0.25, 0.3) is 0 Å². The monoisotopic (exact) mass is 579 g/mol. The van der Waals surface area contributed by atoms with Gasteiger partial charge in [0.2, 0.25) is 0 Å². The Bertz CT molecular complexity index is 1510. The summed E-state index contributed by atoms with van der Waals surface area (Å²) < 4.78 is 11.1. The second kappa shape index (κ2) is 13.2. The van der Waals surface area contributed by atoms with E-state index in [9.17, 15) is 0 Å². The second-order valence-electron chi connectivity index (χ2n) is 13.2. The Morgan fingerprint density at radius 3 is 2.16 bits per heavy atom. The molecular formula is C38H49N3O2. The van der Waals surface area contributed by atoms with Crippen LogP contribution in [0.3, 0.4) is 0 Å². The number of benzene rings is 3. The normalized spacial score (nSPS) is 20.1. The predicted molar refractivity (Wildman–Crippen MR) is 178 cm³/mol. The van der Waals surface area contributed by atoms with Crippen molar-refractivity contribution < 1.29 is 9.47 Å². The first-order valence-corrected chi connectivity index (χ1v) is 16.3. The van der Waals surface area contributed by atoms with E-state index in [0.717, 1.165) is 35.6 Å². The van der Waals surface area contributed by atoms with Crippen molar-refractivity contribution >= 4 is 10.9 Å². The Labute approximate surface area is 258 Å². The van der Waals surface area contributed by atoms with Crippen molar-refractivity contribution in [2.24, 2.45) is 5.92 Å². The highest BCUT2D eigenvalue weighted by molar-refractivity contribution is 5.92.